The first-order chi connectivity index (χ1) is 15.9. The monoisotopic (exact) mass is 452 g/mol. The van der Waals surface area contributed by atoms with Crippen LogP contribution in [0.25, 0.3) is 0 Å². The van der Waals surface area contributed by atoms with Crippen molar-refractivity contribution in [3.8, 4) is 0 Å². The van der Waals surface area contributed by atoms with Crippen molar-refractivity contribution in [3.05, 3.63) is 63.7 Å². The summed E-state index contributed by atoms with van der Waals surface area (Å²) in [6.07, 6.45) is 2.73. The van der Waals surface area contributed by atoms with Crippen molar-refractivity contribution in [1.29, 1.82) is 0 Å². The van der Waals surface area contributed by atoms with E-state index < -0.39 is 0 Å². The molecule has 8 nitrogen and oxygen atoms in total. The van der Waals surface area contributed by atoms with E-state index >= 15 is 0 Å². The number of nitro benzene ring substituents is 1. The molecule has 1 amide bonds. The summed E-state index contributed by atoms with van der Waals surface area (Å²) >= 11 is 0. The second-order valence-corrected chi connectivity index (χ2v) is 9.05. The number of carbonyl (C=O) groups is 1. The van der Waals surface area contributed by atoms with Gasteiger partial charge in [0.15, 0.2) is 0 Å². The Morgan fingerprint density at radius 2 is 1.82 bits per heavy atom. The highest BCUT2D eigenvalue weighted by atomic mass is 16.6. The van der Waals surface area contributed by atoms with Gasteiger partial charge in [-0.05, 0) is 57.4 Å². The van der Waals surface area contributed by atoms with Gasteiger partial charge in [0.25, 0.3) is 5.69 Å². The highest BCUT2D eigenvalue weighted by Gasteiger charge is 2.28. The Kier molecular flexibility index (Phi) is 7.13. The lowest BCUT2D eigenvalue weighted by Gasteiger charge is -2.36. The molecule has 2 aromatic rings. The second-order valence-electron chi connectivity index (χ2n) is 9.05. The molecule has 1 heterocycles. The molecule has 4 rings (SSSR count). The third kappa shape index (κ3) is 5.82. The molecule has 1 unspecified atom stereocenters. The maximum absolute atomic E-state index is 12.7. The molecule has 2 atom stereocenters. The van der Waals surface area contributed by atoms with E-state index in [-0.39, 0.29) is 35.3 Å². The average Bonchev–Trinajstić information content (AvgIpc) is 3.25. The van der Waals surface area contributed by atoms with Gasteiger partial charge in [-0.15, -0.1) is 0 Å². The quantitative estimate of drug-likeness (QED) is 0.506. The minimum absolute atomic E-state index is 0.0550. The summed E-state index contributed by atoms with van der Waals surface area (Å²) in [5.41, 5.74) is 4.11. The lowest BCUT2D eigenvalue weighted by molar-refractivity contribution is -0.385. The molecule has 0 spiro atoms. The number of nitrogens with zero attached hydrogens (tertiary/aromatic N) is 3. The molecule has 0 radical (unpaired) electrons. The van der Waals surface area contributed by atoms with Crippen molar-refractivity contribution >= 4 is 23.0 Å². The van der Waals surface area contributed by atoms with Gasteiger partial charge in [-0.3, -0.25) is 14.9 Å². The maximum Gasteiger partial charge on any atom is 0.272 e. The molecule has 1 aliphatic heterocycles. The number of nitrogens with one attached hydrogen (secondary N) is 1. The largest absolute Gasteiger partial charge is 0.382 e. The van der Waals surface area contributed by atoms with Crippen LogP contribution in [0.2, 0.25) is 0 Å². The minimum atomic E-state index is -0.363. The third-order valence-electron chi connectivity index (χ3n) is 6.62. The summed E-state index contributed by atoms with van der Waals surface area (Å²) in [5, 5.41) is 14.4. The Morgan fingerprint density at radius 3 is 2.48 bits per heavy atom. The van der Waals surface area contributed by atoms with Crippen molar-refractivity contribution in [2.45, 2.75) is 45.3 Å². The smallest absolute Gasteiger partial charge is 0.272 e. The molecule has 2 fully saturated rings. The van der Waals surface area contributed by atoms with Crippen molar-refractivity contribution in [2.75, 3.05) is 43.0 Å². The van der Waals surface area contributed by atoms with Crippen LogP contribution >= 0.6 is 0 Å². The van der Waals surface area contributed by atoms with Gasteiger partial charge in [-0.2, -0.15) is 0 Å². The molecule has 1 saturated heterocycles. The predicted molar refractivity (Wildman–Crippen MR) is 129 cm³/mol. The van der Waals surface area contributed by atoms with Gasteiger partial charge in [0, 0.05) is 55.2 Å². The topological polar surface area (TPSA) is 88.0 Å². The van der Waals surface area contributed by atoms with Crippen LogP contribution in [0.15, 0.2) is 42.5 Å². The highest BCUT2D eigenvalue weighted by Crippen LogP contribution is 2.28. The molecule has 8 heteroatoms. The Bertz CT molecular complexity index is 986. The highest BCUT2D eigenvalue weighted by molar-refractivity contribution is 5.77. The number of ether oxygens (including phenoxy) is 1. The zero-order valence-electron chi connectivity index (χ0n) is 19.3. The van der Waals surface area contributed by atoms with E-state index in [1.165, 1.54) is 17.3 Å². The molecule has 0 aromatic heterocycles. The van der Waals surface area contributed by atoms with E-state index in [1.54, 1.807) is 13.0 Å². The number of carbonyl (C=O) groups excluding carboxylic acids is 1. The first-order valence-corrected chi connectivity index (χ1v) is 11.6. The van der Waals surface area contributed by atoms with Gasteiger partial charge in [0.05, 0.1) is 11.0 Å². The van der Waals surface area contributed by atoms with Crippen molar-refractivity contribution in [1.82, 2.24) is 4.90 Å². The molecular weight excluding hydrogens is 420 g/mol. The SMILES string of the molecule is Cc1ccc(N2CCN(C(=O)COC3CC[C@@H](Nc4ccc([N+](=O)[O-])c(C)c4)C3)CC2)cc1. The van der Waals surface area contributed by atoms with Crippen LogP contribution in [0.3, 0.4) is 0 Å². The normalized spacial score (nSPS) is 20.7. The zero-order chi connectivity index (χ0) is 23.4. The third-order valence-corrected chi connectivity index (χ3v) is 6.62. The number of piperazine rings is 1. The minimum Gasteiger partial charge on any atom is -0.382 e. The molecule has 1 N–H and O–H groups in total. The summed E-state index contributed by atoms with van der Waals surface area (Å²) < 4.78 is 5.95. The first-order valence-electron chi connectivity index (χ1n) is 11.6. The van der Waals surface area contributed by atoms with Gasteiger partial charge in [-0.25, -0.2) is 0 Å². The Hall–Kier alpha value is -3.13. The number of hydrogen-bond donors (Lipinski definition) is 1. The van der Waals surface area contributed by atoms with E-state index in [9.17, 15) is 14.9 Å². The van der Waals surface area contributed by atoms with E-state index in [0.29, 0.717) is 18.7 Å². The number of aryl methyl sites for hydroxylation is 2. The number of hydrogen-bond acceptors (Lipinski definition) is 6. The van der Waals surface area contributed by atoms with Gasteiger partial charge in [0.1, 0.15) is 6.61 Å². The summed E-state index contributed by atoms with van der Waals surface area (Å²) in [6.45, 7) is 7.04. The summed E-state index contributed by atoms with van der Waals surface area (Å²) in [6, 6.07) is 13.9. The van der Waals surface area contributed by atoms with Gasteiger partial charge in [0.2, 0.25) is 5.91 Å². The van der Waals surface area contributed by atoms with E-state index in [1.807, 2.05) is 11.0 Å². The second kappa shape index (κ2) is 10.2. The number of amides is 1. The average molecular weight is 453 g/mol. The van der Waals surface area contributed by atoms with Crippen LogP contribution in [-0.2, 0) is 9.53 Å². The van der Waals surface area contributed by atoms with E-state index in [0.717, 1.165) is 38.0 Å². The molecule has 2 aliphatic rings. The standard InChI is InChI=1S/C25H32N4O4/c1-18-3-7-22(8-4-18)27-11-13-28(14-12-27)25(30)17-33-23-9-5-21(16-23)26-20-6-10-24(29(31)32)19(2)15-20/h3-4,6-8,10,15,21,23,26H,5,9,11-14,16-17H2,1-2H3/t21-,23?/m1/s1. The molecule has 0 bridgehead atoms. The Morgan fingerprint density at radius 1 is 1.09 bits per heavy atom. The molecular formula is C25H32N4O4. The Balaban J connectivity index is 1.19. The van der Waals surface area contributed by atoms with Crippen molar-refractivity contribution in [2.24, 2.45) is 0 Å². The predicted octanol–water partition coefficient (Wildman–Crippen LogP) is 3.91. The van der Waals surface area contributed by atoms with Gasteiger partial charge < -0.3 is 19.9 Å². The summed E-state index contributed by atoms with van der Waals surface area (Å²) in [5.74, 6) is 0.0564. The number of rotatable bonds is 7. The fourth-order valence-corrected chi connectivity index (χ4v) is 4.66. The number of benzene rings is 2. The number of anilines is 2. The van der Waals surface area contributed by atoms with Crippen LogP contribution in [0.1, 0.15) is 30.4 Å². The summed E-state index contributed by atoms with van der Waals surface area (Å²) in [7, 11) is 0. The summed E-state index contributed by atoms with van der Waals surface area (Å²) in [4.78, 5) is 27.5. The molecule has 2 aromatic carbocycles. The van der Waals surface area contributed by atoms with Crippen LogP contribution < -0.4 is 10.2 Å². The maximum atomic E-state index is 12.7. The lowest BCUT2D eigenvalue weighted by atomic mass is 10.1. The molecule has 1 saturated carbocycles. The zero-order valence-corrected chi connectivity index (χ0v) is 19.3. The van der Waals surface area contributed by atoms with E-state index in [2.05, 4.69) is 41.4 Å². The van der Waals surface area contributed by atoms with Crippen molar-refractivity contribution in [3.63, 3.8) is 0 Å². The van der Waals surface area contributed by atoms with Crippen LogP contribution in [-0.4, -0.2) is 60.7 Å². The van der Waals surface area contributed by atoms with Crippen LogP contribution in [0.5, 0.6) is 0 Å². The van der Waals surface area contributed by atoms with Crippen molar-refractivity contribution < 1.29 is 14.5 Å². The number of nitro groups is 1. The molecule has 1 aliphatic carbocycles. The van der Waals surface area contributed by atoms with E-state index in [4.69, 9.17) is 4.74 Å². The van der Waals surface area contributed by atoms with Crippen LogP contribution in [0, 0.1) is 24.0 Å². The Labute approximate surface area is 194 Å². The fraction of sp³-hybridized carbons (Fsp3) is 0.480. The molecule has 33 heavy (non-hydrogen) atoms. The van der Waals surface area contributed by atoms with Gasteiger partial charge >= 0.3 is 0 Å². The lowest BCUT2D eigenvalue weighted by Crippen LogP contribution is -2.50. The van der Waals surface area contributed by atoms with Gasteiger partial charge in [-0.1, -0.05) is 17.7 Å². The first kappa shape index (κ1) is 23.0. The van der Waals surface area contributed by atoms with Crippen LogP contribution in [0.4, 0.5) is 17.1 Å². The fourth-order valence-electron chi connectivity index (χ4n) is 4.66. The molecule has 176 valence electrons.